The number of hydrogen-bond donors (Lipinski definition) is 2. The van der Waals surface area contributed by atoms with Gasteiger partial charge in [0.15, 0.2) is 0 Å². The highest BCUT2D eigenvalue weighted by atomic mass is 15.3. The van der Waals surface area contributed by atoms with Gasteiger partial charge in [-0.05, 0) is 11.6 Å². The van der Waals surface area contributed by atoms with Crippen molar-refractivity contribution in [2.45, 2.75) is 13.1 Å². The van der Waals surface area contributed by atoms with Crippen molar-refractivity contribution in [1.82, 2.24) is 20.1 Å². The number of rotatable bonds is 4. The molecule has 2 aromatic rings. The number of benzene rings is 1. The largest absolute Gasteiger partial charge is 0.398 e. The fourth-order valence-corrected chi connectivity index (χ4v) is 1.47. The Labute approximate surface area is 94.3 Å². The summed E-state index contributed by atoms with van der Waals surface area (Å²) in [5.41, 5.74) is 7.75. The second-order valence-corrected chi connectivity index (χ2v) is 3.66. The Kier molecular flexibility index (Phi) is 3.16. The highest BCUT2D eigenvalue weighted by Gasteiger charge is 2.01. The van der Waals surface area contributed by atoms with Crippen LogP contribution in [0.1, 0.15) is 11.4 Å². The van der Waals surface area contributed by atoms with Crippen LogP contribution in [-0.4, -0.2) is 14.8 Å². The van der Waals surface area contributed by atoms with Crippen molar-refractivity contribution in [3.8, 4) is 0 Å². The first kappa shape index (κ1) is 10.6. The van der Waals surface area contributed by atoms with E-state index >= 15 is 0 Å². The van der Waals surface area contributed by atoms with Crippen LogP contribution in [0.15, 0.2) is 30.6 Å². The van der Waals surface area contributed by atoms with Crippen LogP contribution in [0.2, 0.25) is 0 Å². The number of nitrogens with two attached hydrogens (primary N) is 1. The molecule has 0 aliphatic heterocycles. The fraction of sp³-hybridized carbons (Fsp3) is 0.273. The zero-order chi connectivity index (χ0) is 11.4. The molecule has 0 aliphatic rings. The van der Waals surface area contributed by atoms with Crippen molar-refractivity contribution in [2.24, 2.45) is 7.05 Å². The van der Waals surface area contributed by atoms with Crippen LogP contribution in [0.25, 0.3) is 0 Å². The third-order valence-electron chi connectivity index (χ3n) is 2.46. The highest BCUT2D eigenvalue weighted by molar-refractivity contribution is 5.46. The van der Waals surface area contributed by atoms with E-state index in [1.807, 2.05) is 35.9 Å². The molecule has 0 fully saturated rings. The molecule has 2 rings (SSSR count). The number of para-hydroxylation sites is 1. The molecule has 0 saturated heterocycles. The lowest BCUT2D eigenvalue weighted by atomic mass is 10.2. The first-order chi connectivity index (χ1) is 7.77. The van der Waals surface area contributed by atoms with Gasteiger partial charge in [0.2, 0.25) is 0 Å². The third-order valence-corrected chi connectivity index (χ3v) is 2.46. The average molecular weight is 217 g/mol. The van der Waals surface area contributed by atoms with Crippen LogP contribution < -0.4 is 11.1 Å². The quantitative estimate of drug-likeness (QED) is 0.739. The summed E-state index contributed by atoms with van der Waals surface area (Å²) >= 11 is 0. The van der Waals surface area contributed by atoms with Crippen LogP contribution in [-0.2, 0) is 20.1 Å². The number of nitrogens with zero attached hydrogens (tertiary/aromatic N) is 3. The maximum absolute atomic E-state index is 5.84. The van der Waals surface area contributed by atoms with E-state index in [1.54, 1.807) is 6.33 Å². The zero-order valence-corrected chi connectivity index (χ0v) is 9.22. The number of hydrogen-bond acceptors (Lipinski definition) is 4. The lowest BCUT2D eigenvalue weighted by Gasteiger charge is -2.06. The third kappa shape index (κ3) is 2.38. The predicted molar refractivity (Wildman–Crippen MR) is 62.4 cm³/mol. The SMILES string of the molecule is Cn1cnnc1CNCc1ccccc1N. The van der Waals surface area contributed by atoms with Crippen LogP contribution in [0, 0.1) is 0 Å². The minimum atomic E-state index is 0.685. The molecular formula is C11H15N5. The van der Waals surface area contributed by atoms with Gasteiger partial charge in [-0.25, -0.2) is 0 Å². The Hall–Kier alpha value is -1.88. The highest BCUT2D eigenvalue weighted by Crippen LogP contribution is 2.09. The monoisotopic (exact) mass is 217 g/mol. The van der Waals surface area contributed by atoms with Crippen molar-refractivity contribution in [3.05, 3.63) is 42.0 Å². The molecule has 5 heteroatoms. The standard InChI is InChI=1S/C11H15N5/c1-16-8-14-15-11(16)7-13-6-9-4-2-3-5-10(9)12/h2-5,8,13H,6-7,12H2,1H3. The molecule has 1 aromatic carbocycles. The normalized spacial score (nSPS) is 10.6. The number of aromatic nitrogens is 3. The van der Waals surface area contributed by atoms with E-state index in [1.165, 1.54) is 0 Å². The van der Waals surface area contributed by atoms with Gasteiger partial charge in [0.05, 0.1) is 6.54 Å². The van der Waals surface area contributed by atoms with Crippen molar-refractivity contribution in [1.29, 1.82) is 0 Å². The summed E-state index contributed by atoms with van der Waals surface area (Å²) in [5.74, 6) is 0.912. The first-order valence-corrected chi connectivity index (χ1v) is 5.14. The van der Waals surface area contributed by atoms with E-state index in [0.717, 1.165) is 23.6 Å². The molecule has 0 atom stereocenters. The van der Waals surface area contributed by atoms with E-state index in [0.29, 0.717) is 6.54 Å². The lowest BCUT2D eigenvalue weighted by molar-refractivity contribution is 0.638. The van der Waals surface area contributed by atoms with Gasteiger partial charge >= 0.3 is 0 Å². The Morgan fingerprint density at radius 1 is 1.31 bits per heavy atom. The zero-order valence-electron chi connectivity index (χ0n) is 9.22. The van der Waals surface area contributed by atoms with Gasteiger partial charge in [-0.15, -0.1) is 10.2 Å². The van der Waals surface area contributed by atoms with E-state index in [-0.39, 0.29) is 0 Å². The minimum absolute atomic E-state index is 0.685. The summed E-state index contributed by atoms with van der Waals surface area (Å²) in [6.07, 6.45) is 1.69. The van der Waals surface area contributed by atoms with Gasteiger partial charge in [-0.2, -0.15) is 0 Å². The number of nitrogens with one attached hydrogen (secondary N) is 1. The van der Waals surface area contributed by atoms with Crippen molar-refractivity contribution in [3.63, 3.8) is 0 Å². The Morgan fingerprint density at radius 3 is 2.81 bits per heavy atom. The van der Waals surface area contributed by atoms with Crippen LogP contribution >= 0.6 is 0 Å². The number of aryl methyl sites for hydroxylation is 1. The van der Waals surface area contributed by atoms with Gasteiger partial charge in [0.25, 0.3) is 0 Å². The van der Waals surface area contributed by atoms with Crippen molar-refractivity contribution >= 4 is 5.69 Å². The number of nitrogen functional groups attached to an aromatic ring is 1. The topological polar surface area (TPSA) is 68.8 Å². The Bertz CT molecular complexity index is 463. The Morgan fingerprint density at radius 2 is 2.12 bits per heavy atom. The smallest absolute Gasteiger partial charge is 0.146 e. The molecule has 16 heavy (non-hydrogen) atoms. The molecule has 84 valence electrons. The average Bonchev–Trinajstić information content (AvgIpc) is 2.67. The van der Waals surface area contributed by atoms with Crippen molar-refractivity contribution in [2.75, 3.05) is 5.73 Å². The van der Waals surface area contributed by atoms with E-state index in [9.17, 15) is 0 Å². The molecule has 0 aliphatic carbocycles. The molecule has 1 heterocycles. The van der Waals surface area contributed by atoms with Crippen LogP contribution in [0.3, 0.4) is 0 Å². The number of anilines is 1. The minimum Gasteiger partial charge on any atom is -0.398 e. The molecule has 5 nitrogen and oxygen atoms in total. The molecule has 0 saturated carbocycles. The van der Waals surface area contributed by atoms with Gasteiger partial charge < -0.3 is 15.6 Å². The van der Waals surface area contributed by atoms with E-state index in [2.05, 4.69) is 15.5 Å². The summed E-state index contributed by atoms with van der Waals surface area (Å²) in [6, 6.07) is 7.83. The molecule has 0 bridgehead atoms. The Balaban J connectivity index is 1.89. The second kappa shape index (κ2) is 4.76. The van der Waals surface area contributed by atoms with Crippen LogP contribution in [0.4, 0.5) is 5.69 Å². The molecule has 0 amide bonds. The van der Waals surface area contributed by atoms with Gasteiger partial charge in [0, 0.05) is 19.3 Å². The van der Waals surface area contributed by atoms with Gasteiger partial charge in [-0.3, -0.25) is 0 Å². The van der Waals surface area contributed by atoms with Gasteiger partial charge in [0.1, 0.15) is 12.2 Å². The van der Waals surface area contributed by atoms with E-state index < -0.39 is 0 Å². The molecule has 0 unspecified atom stereocenters. The summed E-state index contributed by atoms with van der Waals surface area (Å²) in [4.78, 5) is 0. The van der Waals surface area contributed by atoms with E-state index in [4.69, 9.17) is 5.73 Å². The summed E-state index contributed by atoms with van der Waals surface area (Å²) in [6.45, 7) is 1.42. The molecular weight excluding hydrogens is 202 g/mol. The van der Waals surface area contributed by atoms with Crippen LogP contribution in [0.5, 0.6) is 0 Å². The summed E-state index contributed by atoms with van der Waals surface area (Å²) < 4.78 is 1.89. The van der Waals surface area contributed by atoms with Crippen molar-refractivity contribution < 1.29 is 0 Å². The first-order valence-electron chi connectivity index (χ1n) is 5.14. The summed E-state index contributed by atoms with van der Waals surface area (Å²) in [7, 11) is 1.92. The fourth-order valence-electron chi connectivity index (χ4n) is 1.47. The predicted octanol–water partition coefficient (Wildman–Crippen LogP) is 0.687. The molecule has 1 aromatic heterocycles. The summed E-state index contributed by atoms with van der Waals surface area (Å²) in [5, 5.41) is 11.1. The molecule has 0 spiro atoms. The lowest BCUT2D eigenvalue weighted by Crippen LogP contribution is -2.16. The maximum Gasteiger partial charge on any atom is 0.146 e. The second-order valence-electron chi connectivity index (χ2n) is 3.66. The van der Waals surface area contributed by atoms with Gasteiger partial charge in [-0.1, -0.05) is 18.2 Å². The molecule has 0 radical (unpaired) electrons. The maximum atomic E-state index is 5.84. The molecule has 3 N–H and O–H groups in total.